The molecule has 0 bridgehead atoms. The summed E-state index contributed by atoms with van der Waals surface area (Å²) in [5.74, 6) is -0.935. The van der Waals surface area contributed by atoms with E-state index in [0.717, 1.165) is 4.90 Å². The Hall–Kier alpha value is -3.86. The van der Waals surface area contributed by atoms with Crippen molar-refractivity contribution in [2.75, 3.05) is 10.2 Å². The van der Waals surface area contributed by atoms with Gasteiger partial charge in [-0.05, 0) is 66.7 Å². The van der Waals surface area contributed by atoms with Crippen LogP contribution in [0.15, 0.2) is 78.0 Å². The number of nitrogens with one attached hydrogen (secondary N) is 1. The van der Waals surface area contributed by atoms with Gasteiger partial charge in [0.2, 0.25) is 0 Å². The number of pyridine rings is 1. The van der Waals surface area contributed by atoms with Crippen molar-refractivity contribution in [1.29, 1.82) is 0 Å². The van der Waals surface area contributed by atoms with Crippen LogP contribution in [0.25, 0.3) is 0 Å². The monoisotopic (exact) mass is 500 g/mol. The fourth-order valence-electron chi connectivity index (χ4n) is 3.62. The summed E-state index contributed by atoms with van der Waals surface area (Å²) < 4.78 is 37.8. The first kappa shape index (κ1) is 24.3. The van der Waals surface area contributed by atoms with E-state index in [0.29, 0.717) is 11.3 Å². The van der Waals surface area contributed by atoms with Crippen molar-refractivity contribution in [3.8, 4) is 0 Å². The van der Waals surface area contributed by atoms with Crippen LogP contribution in [-0.4, -0.2) is 39.3 Å². The average molecular weight is 501 g/mol. The lowest BCUT2D eigenvalue weighted by atomic mass is 10.1. The standard InChI is InChI=1S/C24H19F3N4O3S/c1-15-22(33)31(18-7-9-19(10-8-18)35-24(25,26)27)23(34)30(15)14-16-11-12-28-13-20(16)21(32)29-17-5-3-2-4-6-17/h2-13,15H,14H2,1H3,(H,29,32). The van der Waals surface area contributed by atoms with Gasteiger partial charge in [-0.3, -0.25) is 14.6 Å². The number of alkyl halides is 3. The second kappa shape index (κ2) is 9.79. The van der Waals surface area contributed by atoms with Crippen LogP contribution in [0.3, 0.4) is 0 Å². The molecule has 1 saturated heterocycles. The zero-order valence-corrected chi connectivity index (χ0v) is 19.1. The summed E-state index contributed by atoms with van der Waals surface area (Å²) in [6.07, 6.45) is 2.87. The van der Waals surface area contributed by atoms with Crippen LogP contribution in [0.5, 0.6) is 0 Å². The summed E-state index contributed by atoms with van der Waals surface area (Å²) in [5.41, 5.74) is -2.96. The first-order valence-electron chi connectivity index (χ1n) is 10.4. The van der Waals surface area contributed by atoms with Gasteiger partial charge in [-0.1, -0.05) is 18.2 Å². The van der Waals surface area contributed by atoms with Gasteiger partial charge in [-0.25, -0.2) is 9.69 Å². The fraction of sp³-hybridized carbons (Fsp3) is 0.167. The molecule has 2 heterocycles. The van der Waals surface area contributed by atoms with Crippen LogP contribution >= 0.6 is 11.8 Å². The first-order chi connectivity index (χ1) is 16.6. The van der Waals surface area contributed by atoms with Crippen LogP contribution in [0, 0.1) is 0 Å². The smallest absolute Gasteiger partial charge is 0.322 e. The third-order valence-electron chi connectivity index (χ3n) is 5.34. The number of aromatic nitrogens is 1. The molecule has 11 heteroatoms. The molecule has 0 spiro atoms. The van der Waals surface area contributed by atoms with Crippen molar-refractivity contribution in [1.82, 2.24) is 9.88 Å². The van der Waals surface area contributed by atoms with E-state index in [1.807, 2.05) is 6.07 Å². The van der Waals surface area contributed by atoms with E-state index in [9.17, 15) is 27.6 Å². The maximum absolute atomic E-state index is 13.1. The number of carbonyl (C=O) groups is 3. The molecular formula is C24H19F3N4O3S. The maximum Gasteiger partial charge on any atom is 0.446 e. The molecule has 1 atom stereocenters. The van der Waals surface area contributed by atoms with E-state index >= 15 is 0 Å². The zero-order valence-electron chi connectivity index (χ0n) is 18.3. The number of benzene rings is 2. The van der Waals surface area contributed by atoms with Gasteiger partial charge in [0, 0.05) is 29.5 Å². The van der Waals surface area contributed by atoms with Gasteiger partial charge in [0.15, 0.2) is 0 Å². The summed E-state index contributed by atoms with van der Waals surface area (Å²) in [7, 11) is 0. The van der Waals surface area contributed by atoms with E-state index in [1.54, 1.807) is 37.3 Å². The molecule has 3 aromatic rings. The minimum atomic E-state index is -4.44. The lowest BCUT2D eigenvalue weighted by molar-refractivity contribution is -0.119. The van der Waals surface area contributed by atoms with E-state index in [1.165, 1.54) is 41.6 Å². The van der Waals surface area contributed by atoms with Gasteiger partial charge in [-0.15, -0.1) is 0 Å². The number of para-hydroxylation sites is 1. The molecule has 1 fully saturated rings. The summed E-state index contributed by atoms with van der Waals surface area (Å²) in [4.78, 5) is 45.0. The number of urea groups is 1. The fourth-order valence-corrected chi connectivity index (χ4v) is 4.16. The van der Waals surface area contributed by atoms with E-state index in [2.05, 4.69) is 10.3 Å². The molecule has 1 aliphatic rings. The molecule has 1 unspecified atom stereocenters. The number of carbonyl (C=O) groups excluding carboxylic acids is 3. The van der Waals surface area contributed by atoms with Gasteiger partial charge in [-0.2, -0.15) is 13.2 Å². The highest BCUT2D eigenvalue weighted by Gasteiger charge is 2.43. The number of hydrogen-bond acceptors (Lipinski definition) is 5. The third kappa shape index (κ3) is 5.46. The highest BCUT2D eigenvalue weighted by Crippen LogP contribution is 2.38. The van der Waals surface area contributed by atoms with Crippen molar-refractivity contribution >= 4 is 41.0 Å². The number of hydrogen-bond donors (Lipinski definition) is 1. The molecule has 4 rings (SSSR count). The molecule has 35 heavy (non-hydrogen) atoms. The topological polar surface area (TPSA) is 82.6 Å². The lowest BCUT2D eigenvalue weighted by Crippen LogP contribution is -2.34. The number of nitrogens with zero attached hydrogens (tertiary/aromatic N) is 3. The summed E-state index contributed by atoms with van der Waals surface area (Å²) in [6, 6.07) is 14.0. The number of imide groups is 1. The van der Waals surface area contributed by atoms with Gasteiger partial charge in [0.1, 0.15) is 6.04 Å². The highest BCUT2D eigenvalue weighted by molar-refractivity contribution is 8.00. The third-order valence-corrected chi connectivity index (χ3v) is 6.08. The van der Waals surface area contributed by atoms with Crippen LogP contribution in [-0.2, 0) is 11.3 Å². The molecule has 1 aromatic heterocycles. The SMILES string of the molecule is CC1C(=O)N(c2ccc(SC(F)(F)F)cc2)C(=O)N1Cc1ccncc1C(=O)Nc1ccccc1. The largest absolute Gasteiger partial charge is 0.446 e. The molecule has 0 aliphatic carbocycles. The number of anilines is 2. The van der Waals surface area contributed by atoms with Crippen LogP contribution < -0.4 is 10.2 Å². The molecule has 180 valence electrons. The average Bonchev–Trinajstić information content (AvgIpc) is 3.03. The van der Waals surface area contributed by atoms with Crippen molar-refractivity contribution in [3.05, 3.63) is 84.2 Å². The Labute approximate surface area is 202 Å². The molecule has 1 aliphatic heterocycles. The quantitative estimate of drug-likeness (QED) is 0.367. The van der Waals surface area contributed by atoms with E-state index < -0.39 is 29.4 Å². The minimum Gasteiger partial charge on any atom is -0.322 e. The number of halogens is 3. The van der Waals surface area contributed by atoms with Crippen LogP contribution in [0.1, 0.15) is 22.8 Å². The Balaban J connectivity index is 1.54. The van der Waals surface area contributed by atoms with Gasteiger partial charge < -0.3 is 10.2 Å². The van der Waals surface area contributed by atoms with Crippen LogP contribution in [0.4, 0.5) is 29.3 Å². The van der Waals surface area contributed by atoms with Crippen molar-refractivity contribution in [3.63, 3.8) is 0 Å². The molecular weight excluding hydrogens is 481 g/mol. The molecule has 7 nitrogen and oxygen atoms in total. The molecule has 2 aromatic carbocycles. The van der Waals surface area contributed by atoms with Gasteiger partial charge in [0.25, 0.3) is 11.8 Å². The molecule has 0 radical (unpaired) electrons. The van der Waals surface area contributed by atoms with Crippen molar-refractivity contribution in [2.24, 2.45) is 0 Å². The minimum absolute atomic E-state index is 0.0374. The Bertz CT molecular complexity index is 1250. The first-order valence-corrected chi connectivity index (χ1v) is 11.3. The Morgan fingerprint density at radius 3 is 2.40 bits per heavy atom. The Kier molecular flexibility index (Phi) is 6.79. The second-order valence-electron chi connectivity index (χ2n) is 7.65. The summed E-state index contributed by atoms with van der Waals surface area (Å²) >= 11 is -0.281. The molecule has 4 amide bonds. The highest BCUT2D eigenvalue weighted by atomic mass is 32.2. The summed E-state index contributed by atoms with van der Waals surface area (Å²) in [6.45, 7) is 1.52. The zero-order chi connectivity index (χ0) is 25.2. The summed E-state index contributed by atoms with van der Waals surface area (Å²) in [5, 5.41) is 2.77. The maximum atomic E-state index is 13.1. The predicted octanol–water partition coefficient (Wildman–Crippen LogP) is 5.30. The van der Waals surface area contributed by atoms with Crippen LogP contribution in [0.2, 0.25) is 0 Å². The van der Waals surface area contributed by atoms with E-state index in [-0.39, 0.29) is 34.5 Å². The Morgan fingerprint density at radius 2 is 1.74 bits per heavy atom. The predicted molar refractivity (Wildman–Crippen MR) is 125 cm³/mol. The lowest BCUT2D eigenvalue weighted by Gasteiger charge is -2.21. The number of amides is 4. The van der Waals surface area contributed by atoms with Crippen molar-refractivity contribution in [2.45, 2.75) is 29.9 Å². The second-order valence-corrected chi connectivity index (χ2v) is 8.79. The Morgan fingerprint density at radius 1 is 1.06 bits per heavy atom. The number of rotatable bonds is 6. The van der Waals surface area contributed by atoms with Crippen molar-refractivity contribution < 1.29 is 27.6 Å². The van der Waals surface area contributed by atoms with E-state index in [4.69, 9.17) is 0 Å². The van der Waals surface area contributed by atoms with Gasteiger partial charge >= 0.3 is 11.5 Å². The molecule has 1 N–H and O–H groups in total. The number of thioether (sulfide) groups is 1. The molecule has 0 saturated carbocycles. The normalized spacial score (nSPS) is 16.1. The van der Waals surface area contributed by atoms with Gasteiger partial charge in [0.05, 0.1) is 11.3 Å².